The smallest absolute Gasteiger partial charge is 0.263 e. The summed E-state index contributed by atoms with van der Waals surface area (Å²) < 4.78 is 1.60. The molecule has 0 spiro atoms. The molecule has 0 fully saturated rings. The molecule has 0 saturated heterocycles. The van der Waals surface area contributed by atoms with Gasteiger partial charge in [-0.05, 0) is 18.4 Å². The first-order chi connectivity index (χ1) is 13.9. The van der Waals surface area contributed by atoms with Crippen molar-refractivity contribution < 1.29 is 4.79 Å². The second kappa shape index (κ2) is 9.41. The Kier molecular flexibility index (Phi) is 6.92. The van der Waals surface area contributed by atoms with Crippen molar-refractivity contribution in [1.29, 1.82) is 0 Å². The highest BCUT2D eigenvalue weighted by molar-refractivity contribution is 7.99. The Morgan fingerprint density at radius 3 is 2.69 bits per heavy atom. The van der Waals surface area contributed by atoms with Gasteiger partial charge in [0.25, 0.3) is 5.56 Å². The minimum Gasteiger partial charge on any atom is -0.353 e. The van der Waals surface area contributed by atoms with Crippen LogP contribution in [0.5, 0.6) is 0 Å². The summed E-state index contributed by atoms with van der Waals surface area (Å²) in [5.74, 6) is 0.509. The van der Waals surface area contributed by atoms with Crippen LogP contribution in [0.3, 0.4) is 0 Å². The van der Waals surface area contributed by atoms with Crippen LogP contribution >= 0.6 is 23.1 Å². The van der Waals surface area contributed by atoms with Gasteiger partial charge in [-0.1, -0.05) is 62.0 Å². The number of hydrogen-bond acceptors (Lipinski definition) is 5. The lowest BCUT2D eigenvalue weighted by atomic mass is 10.1. The topological polar surface area (TPSA) is 64.0 Å². The number of nitrogens with one attached hydrogen (secondary N) is 1. The van der Waals surface area contributed by atoms with Gasteiger partial charge in [0.1, 0.15) is 4.83 Å². The highest BCUT2D eigenvalue weighted by Crippen LogP contribution is 2.32. The Labute approximate surface area is 178 Å². The number of nitrogens with zero attached hydrogens (tertiary/aromatic N) is 2. The van der Waals surface area contributed by atoms with Crippen LogP contribution in [0.1, 0.15) is 20.8 Å². The maximum atomic E-state index is 13.3. The fourth-order valence-corrected chi connectivity index (χ4v) is 4.64. The van der Waals surface area contributed by atoms with E-state index in [1.165, 1.54) is 23.1 Å². The number of benzene rings is 1. The number of rotatable bonds is 8. The van der Waals surface area contributed by atoms with E-state index in [2.05, 4.69) is 25.7 Å². The fraction of sp³-hybridized carbons (Fsp3) is 0.318. The lowest BCUT2D eigenvalue weighted by Crippen LogP contribution is -2.37. The third-order valence-corrected chi connectivity index (χ3v) is 6.62. The van der Waals surface area contributed by atoms with Gasteiger partial charge >= 0.3 is 0 Å². The summed E-state index contributed by atoms with van der Waals surface area (Å²) in [6, 6.07) is 9.93. The maximum absolute atomic E-state index is 13.3. The molecule has 5 nitrogen and oxygen atoms in total. The number of amides is 1. The van der Waals surface area contributed by atoms with E-state index in [9.17, 15) is 9.59 Å². The number of fused-ring (bicyclic) bond motifs is 1. The van der Waals surface area contributed by atoms with Crippen molar-refractivity contribution in [2.75, 3.05) is 5.75 Å². The van der Waals surface area contributed by atoms with Crippen molar-refractivity contribution in [3.05, 3.63) is 58.7 Å². The van der Waals surface area contributed by atoms with E-state index in [1.807, 2.05) is 42.6 Å². The molecule has 29 heavy (non-hydrogen) atoms. The highest BCUT2D eigenvalue weighted by Gasteiger charge is 2.18. The van der Waals surface area contributed by atoms with Gasteiger partial charge in [0, 0.05) is 23.5 Å². The first kappa shape index (κ1) is 21.3. The summed E-state index contributed by atoms with van der Waals surface area (Å²) in [7, 11) is 0. The Hall–Kier alpha value is -2.38. The predicted molar refractivity (Wildman–Crippen MR) is 123 cm³/mol. The minimum absolute atomic E-state index is 0.0631. The molecule has 0 bridgehead atoms. The molecule has 152 valence electrons. The molecule has 2 aromatic heterocycles. The molecule has 0 unspecified atom stereocenters. The van der Waals surface area contributed by atoms with E-state index in [4.69, 9.17) is 4.98 Å². The van der Waals surface area contributed by atoms with Crippen molar-refractivity contribution in [3.63, 3.8) is 0 Å². The third kappa shape index (κ3) is 4.79. The Morgan fingerprint density at radius 2 is 2.03 bits per heavy atom. The Morgan fingerprint density at radius 1 is 1.31 bits per heavy atom. The zero-order chi connectivity index (χ0) is 21.0. The Bertz CT molecular complexity index is 1070. The average molecular weight is 428 g/mol. The highest BCUT2D eigenvalue weighted by atomic mass is 32.2. The van der Waals surface area contributed by atoms with Crippen LogP contribution < -0.4 is 10.9 Å². The van der Waals surface area contributed by atoms with Gasteiger partial charge in [-0.2, -0.15) is 0 Å². The monoisotopic (exact) mass is 427 g/mol. The Balaban J connectivity index is 1.94. The lowest BCUT2D eigenvalue weighted by molar-refractivity contribution is -0.119. The summed E-state index contributed by atoms with van der Waals surface area (Å²) in [5, 5.41) is 6.11. The summed E-state index contributed by atoms with van der Waals surface area (Å²) >= 11 is 2.73. The van der Waals surface area contributed by atoms with Crippen LogP contribution in [-0.4, -0.2) is 27.3 Å². The van der Waals surface area contributed by atoms with Crippen LogP contribution in [-0.2, 0) is 11.3 Å². The maximum Gasteiger partial charge on any atom is 0.263 e. The molecule has 2 heterocycles. The number of carbonyl (C=O) groups excluding carboxylic acids is 1. The molecule has 0 aliphatic heterocycles. The minimum atomic E-state index is -0.103. The molecule has 3 aromatic rings. The van der Waals surface area contributed by atoms with Crippen LogP contribution in [0.25, 0.3) is 21.3 Å². The van der Waals surface area contributed by atoms with E-state index in [1.54, 1.807) is 10.6 Å². The fourth-order valence-electron chi connectivity index (χ4n) is 2.83. The van der Waals surface area contributed by atoms with E-state index in [0.717, 1.165) is 11.1 Å². The van der Waals surface area contributed by atoms with E-state index in [0.29, 0.717) is 27.8 Å². The standard InChI is InChI=1S/C22H25N3O2S2/c1-5-11-25-21(27)19-17(16-9-7-6-8-10-16)12-28-20(19)24-22(25)29-13-18(26)23-15(4)14(2)3/h5-10,12,14-15H,1,11,13H2,2-4H3,(H,23,26)/t15-/m1/s1. The largest absolute Gasteiger partial charge is 0.353 e. The second-order valence-corrected chi connectivity index (χ2v) is 8.98. The van der Waals surface area contributed by atoms with E-state index >= 15 is 0 Å². The molecule has 7 heteroatoms. The normalized spacial score (nSPS) is 12.3. The summed E-state index contributed by atoms with van der Waals surface area (Å²) in [6.45, 7) is 10.2. The van der Waals surface area contributed by atoms with Crippen molar-refractivity contribution in [2.45, 2.75) is 38.5 Å². The number of allylic oxidation sites excluding steroid dienone is 1. The van der Waals surface area contributed by atoms with Gasteiger partial charge in [0.15, 0.2) is 5.16 Å². The number of aromatic nitrogens is 2. The molecule has 0 saturated carbocycles. The third-order valence-electron chi connectivity index (χ3n) is 4.78. The molecule has 1 amide bonds. The summed E-state index contributed by atoms with van der Waals surface area (Å²) in [6.07, 6.45) is 1.68. The van der Waals surface area contributed by atoms with Crippen molar-refractivity contribution in [2.24, 2.45) is 5.92 Å². The van der Waals surface area contributed by atoms with Gasteiger partial charge in [-0.3, -0.25) is 14.2 Å². The quantitative estimate of drug-likeness (QED) is 0.325. The second-order valence-electron chi connectivity index (χ2n) is 7.18. The van der Waals surface area contributed by atoms with Gasteiger partial charge in [0.05, 0.1) is 11.1 Å². The summed E-state index contributed by atoms with van der Waals surface area (Å²) in [5.41, 5.74) is 1.78. The zero-order valence-electron chi connectivity index (χ0n) is 16.8. The van der Waals surface area contributed by atoms with E-state index < -0.39 is 0 Å². The van der Waals surface area contributed by atoms with Crippen LogP contribution in [0.2, 0.25) is 0 Å². The SMILES string of the molecule is C=CCn1c(SCC(=O)N[C@H](C)C(C)C)nc2scc(-c3ccccc3)c2c1=O. The predicted octanol–water partition coefficient (Wildman–Crippen LogP) is 4.56. The average Bonchev–Trinajstić information content (AvgIpc) is 3.13. The number of thiophene rings is 1. The lowest BCUT2D eigenvalue weighted by Gasteiger charge is -2.17. The summed E-state index contributed by atoms with van der Waals surface area (Å²) in [4.78, 5) is 30.9. The van der Waals surface area contributed by atoms with Crippen molar-refractivity contribution >= 4 is 39.2 Å². The molecular weight excluding hydrogens is 402 g/mol. The molecule has 0 aliphatic rings. The first-order valence-corrected chi connectivity index (χ1v) is 11.4. The molecule has 0 aliphatic carbocycles. The zero-order valence-corrected chi connectivity index (χ0v) is 18.5. The number of hydrogen-bond donors (Lipinski definition) is 1. The van der Waals surface area contributed by atoms with Crippen LogP contribution in [0, 0.1) is 5.92 Å². The van der Waals surface area contributed by atoms with Crippen LogP contribution in [0.4, 0.5) is 0 Å². The molecule has 0 radical (unpaired) electrons. The molecule has 3 rings (SSSR count). The van der Waals surface area contributed by atoms with Gasteiger partial charge in [0.2, 0.25) is 5.91 Å². The first-order valence-electron chi connectivity index (χ1n) is 9.52. The van der Waals surface area contributed by atoms with Crippen molar-refractivity contribution in [1.82, 2.24) is 14.9 Å². The van der Waals surface area contributed by atoms with Crippen molar-refractivity contribution in [3.8, 4) is 11.1 Å². The van der Waals surface area contributed by atoms with Gasteiger partial charge in [-0.15, -0.1) is 17.9 Å². The molecule has 1 aromatic carbocycles. The van der Waals surface area contributed by atoms with Gasteiger partial charge < -0.3 is 5.32 Å². The van der Waals surface area contributed by atoms with Gasteiger partial charge in [-0.25, -0.2) is 4.98 Å². The number of carbonyl (C=O) groups is 1. The molecule has 1 atom stereocenters. The molecular formula is C22H25N3O2S2. The number of thioether (sulfide) groups is 1. The molecule has 1 N–H and O–H groups in total. The van der Waals surface area contributed by atoms with Crippen LogP contribution in [0.15, 0.2) is 58.3 Å². The van der Waals surface area contributed by atoms with E-state index in [-0.39, 0.29) is 23.3 Å².